The lowest BCUT2D eigenvalue weighted by Gasteiger charge is -2.29. The van der Waals surface area contributed by atoms with E-state index in [1.54, 1.807) is 14.2 Å². The second kappa shape index (κ2) is 6.45. The Morgan fingerprint density at radius 1 is 1.00 bits per heavy atom. The van der Waals surface area contributed by atoms with Gasteiger partial charge in [0.1, 0.15) is 0 Å². The summed E-state index contributed by atoms with van der Waals surface area (Å²) in [6.07, 6.45) is 3.30. The molecule has 130 valence electrons. The molecule has 3 aromatic rings. The van der Waals surface area contributed by atoms with Crippen molar-refractivity contribution in [3.05, 3.63) is 59.3 Å². The molecule has 1 aliphatic rings. The molecule has 0 fully saturated rings. The Morgan fingerprint density at radius 3 is 2.48 bits per heavy atom. The fourth-order valence-electron chi connectivity index (χ4n) is 3.87. The Bertz CT molecular complexity index is 914. The van der Waals surface area contributed by atoms with Crippen LogP contribution < -0.4 is 9.47 Å². The van der Waals surface area contributed by atoms with E-state index in [0.29, 0.717) is 0 Å². The molecular weight excluding hydrogens is 312 g/mol. The Morgan fingerprint density at radius 2 is 1.72 bits per heavy atom. The van der Waals surface area contributed by atoms with Crippen LogP contribution in [0.4, 0.5) is 0 Å². The van der Waals surface area contributed by atoms with Gasteiger partial charge in [-0.25, -0.2) is 0 Å². The van der Waals surface area contributed by atoms with Crippen LogP contribution in [0.3, 0.4) is 0 Å². The molecule has 0 spiro atoms. The van der Waals surface area contributed by atoms with Crippen LogP contribution >= 0.6 is 0 Å². The number of methoxy groups -OCH3 is 2. The zero-order chi connectivity index (χ0) is 17.4. The first-order chi connectivity index (χ1) is 12.2. The van der Waals surface area contributed by atoms with Gasteiger partial charge in [-0.15, -0.1) is 0 Å². The number of aromatic nitrogens is 1. The number of rotatable bonds is 4. The molecule has 0 radical (unpaired) electrons. The standard InChI is InChI=1S/C21H24N2O2/c1-22-12-17(18-6-4-5-7-19(18)22)14-23-9-8-15-10-20(24-2)21(25-3)11-16(15)13-23/h4-7,10-12H,8-9,13-14H2,1-3H3. The van der Waals surface area contributed by atoms with Crippen molar-refractivity contribution in [1.29, 1.82) is 0 Å². The first-order valence-corrected chi connectivity index (χ1v) is 8.68. The van der Waals surface area contributed by atoms with Crippen LogP contribution in [0.15, 0.2) is 42.6 Å². The number of benzene rings is 2. The van der Waals surface area contributed by atoms with Crippen LogP contribution in [0, 0.1) is 0 Å². The monoisotopic (exact) mass is 336 g/mol. The summed E-state index contributed by atoms with van der Waals surface area (Å²) in [5.41, 5.74) is 5.39. The highest BCUT2D eigenvalue weighted by atomic mass is 16.5. The van der Waals surface area contributed by atoms with Crippen LogP contribution in [0.2, 0.25) is 0 Å². The van der Waals surface area contributed by atoms with Gasteiger partial charge in [-0.3, -0.25) is 4.90 Å². The molecule has 2 aromatic carbocycles. The third-order valence-corrected chi connectivity index (χ3v) is 5.17. The summed E-state index contributed by atoms with van der Waals surface area (Å²) in [7, 11) is 5.51. The molecule has 0 aliphatic carbocycles. The summed E-state index contributed by atoms with van der Waals surface area (Å²) in [5.74, 6) is 1.64. The third-order valence-electron chi connectivity index (χ3n) is 5.17. The van der Waals surface area contributed by atoms with Gasteiger partial charge in [0.05, 0.1) is 14.2 Å². The lowest BCUT2D eigenvalue weighted by molar-refractivity contribution is 0.245. The molecule has 0 bridgehead atoms. The maximum atomic E-state index is 5.47. The van der Waals surface area contributed by atoms with E-state index in [2.05, 4.69) is 59.1 Å². The number of ether oxygens (including phenoxy) is 2. The summed E-state index contributed by atoms with van der Waals surface area (Å²) in [4.78, 5) is 2.51. The van der Waals surface area contributed by atoms with Gasteiger partial charge in [0.15, 0.2) is 11.5 Å². The van der Waals surface area contributed by atoms with Crippen molar-refractivity contribution in [3.8, 4) is 11.5 Å². The van der Waals surface area contributed by atoms with Crippen LogP contribution in [-0.2, 0) is 26.6 Å². The Hall–Kier alpha value is -2.46. The fraction of sp³-hybridized carbons (Fsp3) is 0.333. The van der Waals surface area contributed by atoms with Gasteiger partial charge in [0.2, 0.25) is 0 Å². The van der Waals surface area contributed by atoms with Crippen molar-refractivity contribution in [3.63, 3.8) is 0 Å². The normalized spacial score (nSPS) is 14.5. The molecule has 4 rings (SSSR count). The SMILES string of the molecule is COc1cc2c(cc1OC)CN(Cc1cn(C)c3ccccc13)CC2. The molecule has 0 unspecified atom stereocenters. The second-order valence-electron chi connectivity index (χ2n) is 6.72. The molecule has 4 nitrogen and oxygen atoms in total. The van der Waals surface area contributed by atoms with E-state index in [4.69, 9.17) is 9.47 Å². The Labute approximate surface area is 148 Å². The van der Waals surface area contributed by atoms with Crippen molar-refractivity contribution in [2.24, 2.45) is 7.05 Å². The van der Waals surface area contributed by atoms with Gasteiger partial charge in [-0.05, 0) is 41.3 Å². The Balaban J connectivity index is 1.60. The molecule has 0 saturated heterocycles. The van der Waals surface area contributed by atoms with Crippen LogP contribution in [0.1, 0.15) is 16.7 Å². The van der Waals surface area contributed by atoms with E-state index in [9.17, 15) is 0 Å². The average Bonchev–Trinajstić information content (AvgIpc) is 2.96. The Kier molecular flexibility index (Phi) is 4.14. The fourth-order valence-corrected chi connectivity index (χ4v) is 3.87. The molecular formula is C21H24N2O2. The molecule has 2 heterocycles. The average molecular weight is 336 g/mol. The third kappa shape index (κ3) is 2.87. The lowest BCUT2D eigenvalue weighted by atomic mass is 9.98. The number of aryl methyl sites for hydroxylation is 1. The van der Waals surface area contributed by atoms with E-state index in [0.717, 1.165) is 37.6 Å². The molecule has 1 aliphatic heterocycles. The highest BCUT2D eigenvalue weighted by Crippen LogP contribution is 2.34. The molecule has 0 atom stereocenters. The zero-order valence-corrected chi connectivity index (χ0v) is 15.1. The molecule has 0 N–H and O–H groups in total. The quantitative estimate of drug-likeness (QED) is 0.726. The van der Waals surface area contributed by atoms with Crippen molar-refractivity contribution in [1.82, 2.24) is 9.47 Å². The van der Waals surface area contributed by atoms with Gasteiger partial charge >= 0.3 is 0 Å². The summed E-state index contributed by atoms with van der Waals surface area (Å²) in [6.45, 7) is 2.97. The lowest BCUT2D eigenvalue weighted by Crippen LogP contribution is -2.30. The van der Waals surface area contributed by atoms with E-state index < -0.39 is 0 Å². The first-order valence-electron chi connectivity index (χ1n) is 8.68. The molecule has 0 saturated carbocycles. The molecule has 4 heteroatoms. The minimum absolute atomic E-state index is 0.813. The topological polar surface area (TPSA) is 26.6 Å². The number of hydrogen-bond acceptors (Lipinski definition) is 3. The number of nitrogens with zero attached hydrogens (tertiary/aromatic N) is 2. The summed E-state index contributed by atoms with van der Waals surface area (Å²) < 4.78 is 13.1. The highest BCUT2D eigenvalue weighted by Gasteiger charge is 2.20. The molecule has 25 heavy (non-hydrogen) atoms. The maximum absolute atomic E-state index is 5.47. The van der Waals surface area contributed by atoms with E-state index >= 15 is 0 Å². The van der Waals surface area contributed by atoms with Crippen molar-refractivity contribution in [2.45, 2.75) is 19.5 Å². The van der Waals surface area contributed by atoms with Crippen LogP contribution in [-0.4, -0.2) is 30.2 Å². The van der Waals surface area contributed by atoms with Gasteiger partial charge in [0.25, 0.3) is 0 Å². The van der Waals surface area contributed by atoms with Crippen molar-refractivity contribution in [2.75, 3.05) is 20.8 Å². The van der Waals surface area contributed by atoms with Gasteiger partial charge in [-0.2, -0.15) is 0 Å². The number of hydrogen-bond donors (Lipinski definition) is 0. The van der Waals surface area contributed by atoms with Gasteiger partial charge in [0, 0.05) is 43.8 Å². The smallest absolute Gasteiger partial charge is 0.161 e. The van der Waals surface area contributed by atoms with Gasteiger partial charge in [-0.1, -0.05) is 18.2 Å². The van der Waals surface area contributed by atoms with E-state index in [1.807, 2.05) is 0 Å². The second-order valence-corrected chi connectivity index (χ2v) is 6.72. The van der Waals surface area contributed by atoms with Crippen LogP contribution in [0.25, 0.3) is 10.9 Å². The summed E-state index contributed by atoms with van der Waals surface area (Å²) in [5, 5.41) is 1.35. The molecule has 1 aromatic heterocycles. The predicted molar refractivity (Wildman–Crippen MR) is 100 cm³/mol. The highest BCUT2D eigenvalue weighted by molar-refractivity contribution is 5.83. The number of para-hydroxylation sites is 1. The summed E-state index contributed by atoms with van der Waals surface area (Å²) in [6, 6.07) is 12.9. The van der Waals surface area contributed by atoms with Crippen molar-refractivity contribution < 1.29 is 9.47 Å². The minimum atomic E-state index is 0.813. The van der Waals surface area contributed by atoms with E-state index in [1.165, 1.54) is 27.6 Å². The zero-order valence-electron chi connectivity index (χ0n) is 15.1. The predicted octanol–water partition coefficient (Wildman–Crippen LogP) is 3.75. The summed E-state index contributed by atoms with van der Waals surface area (Å²) >= 11 is 0. The van der Waals surface area contributed by atoms with Crippen molar-refractivity contribution >= 4 is 10.9 Å². The van der Waals surface area contributed by atoms with Gasteiger partial charge < -0.3 is 14.0 Å². The van der Waals surface area contributed by atoms with Crippen LogP contribution in [0.5, 0.6) is 11.5 Å². The largest absolute Gasteiger partial charge is 0.493 e. The van der Waals surface area contributed by atoms with E-state index in [-0.39, 0.29) is 0 Å². The maximum Gasteiger partial charge on any atom is 0.161 e. The number of fused-ring (bicyclic) bond motifs is 2. The molecule has 0 amide bonds. The first kappa shape index (κ1) is 16.0. The minimum Gasteiger partial charge on any atom is -0.493 e.